The van der Waals surface area contributed by atoms with Gasteiger partial charge in [-0.05, 0) is 25.1 Å². The number of amides is 2. The third-order valence-electron chi connectivity index (χ3n) is 4.62. The fourth-order valence-electron chi connectivity index (χ4n) is 3.50. The van der Waals surface area contributed by atoms with E-state index in [-0.39, 0.29) is 17.8 Å². The van der Waals surface area contributed by atoms with Gasteiger partial charge in [-0.3, -0.25) is 15.0 Å². The minimum absolute atomic E-state index is 0.114. The highest BCUT2D eigenvalue weighted by Crippen LogP contribution is 2.46. The van der Waals surface area contributed by atoms with Gasteiger partial charge in [0.2, 0.25) is 0 Å². The van der Waals surface area contributed by atoms with Crippen molar-refractivity contribution in [3.05, 3.63) is 63.7 Å². The minimum atomic E-state index is -1.23. The van der Waals surface area contributed by atoms with Gasteiger partial charge in [0, 0.05) is 30.2 Å². The number of rotatable bonds is 2. The third-order valence-corrected chi connectivity index (χ3v) is 4.62. The Morgan fingerprint density at radius 2 is 2.08 bits per heavy atom. The van der Waals surface area contributed by atoms with Crippen LogP contribution in [-0.2, 0) is 0 Å². The standard InChI is InChI=1S/C17H13F2N3O4/c1-17-8-13(11-7-10(22(24)25)3-5-15(11)26-17)20-16(23)21(17)14-4-2-9(18)6-12(14)19/h2-7,13H,8H2,1H3,(H,20,23)/t13-,17+/m1/s1. The van der Waals surface area contributed by atoms with Crippen molar-refractivity contribution in [2.45, 2.75) is 25.1 Å². The molecule has 0 aliphatic carbocycles. The molecule has 0 saturated carbocycles. The van der Waals surface area contributed by atoms with Gasteiger partial charge in [-0.15, -0.1) is 0 Å². The van der Waals surface area contributed by atoms with Crippen LogP contribution in [0.4, 0.5) is 25.0 Å². The zero-order chi connectivity index (χ0) is 18.6. The van der Waals surface area contributed by atoms with E-state index in [0.717, 1.165) is 11.0 Å². The molecule has 2 bridgehead atoms. The van der Waals surface area contributed by atoms with Crippen molar-refractivity contribution in [3.8, 4) is 5.75 Å². The van der Waals surface area contributed by atoms with Gasteiger partial charge in [-0.1, -0.05) is 0 Å². The number of benzene rings is 2. The van der Waals surface area contributed by atoms with Gasteiger partial charge in [-0.25, -0.2) is 13.6 Å². The van der Waals surface area contributed by atoms with Crippen molar-refractivity contribution in [2.24, 2.45) is 0 Å². The van der Waals surface area contributed by atoms with Crippen LogP contribution in [0.15, 0.2) is 36.4 Å². The number of nitro groups is 1. The summed E-state index contributed by atoms with van der Waals surface area (Å²) in [7, 11) is 0. The number of carbonyl (C=O) groups is 1. The Labute approximate surface area is 146 Å². The van der Waals surface area contributed by atoms with Gasteiger partial charge in [0.25, 0.3) is 5.69 Å². The van der Waals surface area contributed by atoms with Crippen LogP contribution in [0.3, 0.4) is 0 Å². The topological polar surface area (TPSA) is 84.7 Å². The zero-order valence-electron chi connectivity index (χ0n) is 13.5. The number of halogens is 2. The first-order chi connectivity index (χ1) is 12.3. The zero-order valence-corrected chi connectivity index (χ0v) is 13.5. The Morgan fingerprint density at radius 1 is 1.31 bits per heavy atom. The van der Waals surface area contributed by atoms with Gasteiger partial charge in [0.15, 0.2) is 5.72 Å². The van der Waals surface area contributed by atoms with Crippen molar-refractivity contribution in [1.82, 2.24) is 5.32 Å². The molecule has 26 heavy (non-hydrogen) atoms. The number of non-ortho nitro benzene ring substituents is 1. The highest BCUT2D eigenvalue weighted by molar-refractivity contribution is 5.95. The Kier molecular flexibility index (Phi) is 3.36. The van der Waals surface area contributed by atoms with E-state index in [1.54, 1.807) is 6.92 Å². The molecule has 0 aromatic heterocycles. The van der Waals surface area contributed by atoms with Gasteiger partial charge < -0.3 is 10.1 Å². The van der Waals surface area contributed by atoms with Crippen LogP contribution in [0, 0.1) is 21.7 Å². The van der Waals surface area contributed by atoms with Crippen molar-refractivity contribution < 1.29 is 23.2 Å². The number of fused-ring (bicyclic) bond motifs is 4. The van der Waals surface area contributed by atoms with E-state index < -0.39 is 34.4 Å². The van der Waals surface area contributed by atoms with Crippen molar-refractivity contribution in [1.29, 1.82) is 0 Å². The Balaban J connectivity index is 1.79. The molecule has 2 aromatic rings. The first-order valence-electron chi connectivity index (χ1n) is 7.82. The summed E-state index contributed by atoms with van der Waals surface area (Å²) < 4.78 is 33.4. The predicted octanol–water partition coefficient (Wildman–Crippen LogP) is 3.64. The third kappa shape index (κ3) is 2.35. The summed E-state index contributed by atoms with van der Waals surface area (Å²) in [5.74, 6) is -1.28. The molecule has 2 atom stereocenters. The molecule has 0 unspecified atom stereocenters. The van der Waals surface area contributed by atoms with Crippen molar-refractivity contribution in [3.63, 3.8) is 0 Å². The number of nitro benzene ring substituents is 1. The molecule has 2 amide bonds. The van der Waals surface area contributed by atoms with Gasteiger partial charge >= 0.3 is 6.03 Å². The van der Waals surface area contributed by atoms with Gasteiger partial charge in [0.1, 0.15) is 17.4 Å². The summed E-state index contributed by atoms with van der Waals surface area (Å²) in [6.45, 7) is 1.62. The molecule has 0 radical (unpaired) electrons. The van der Waals surface area contributed by atoms with Crippen molar-refractivity contribution >= 4 is 17.4 Å². The Hall–Kier alpha value is -3.23. The molecule has 2 aliphatic heterocycles. The van der Waals surface area contributed by atoms with E-state index >= 15 is 0 Å². The molecule has 1 saturated heterocycles. The first kappa shape index (κ1) is 16.2. The molecule has 134 valence electrons. The highest BCUT2D eigenvalue weighted by atomic mass is 19.1. The average Bonchev–Trinajstić information content (AvgIpc) is 2.55. The number of hydrogen-bond donors (Lipinski definition) is 1. The molecule has 1 N–H and O–H groups in total. The van der Waals surface area contributed by atoms with Crippen LogP contribution in [0.5, 0.6) is 5.75 Å². The van der Waals surface area contributed by atoms with Crippen LogP contribution in [0.2, 0.25) is 0 Å². The lowest BCUT2D eigenvalue weighted by Gasteiger charge is -2.50. The molecule has 1 fully saturated rings. The minimum Gasteiger partial charge on any atom is -0.467 e. The Bertz CT molecular complexity index is 952. The van der Waals surface area contributed by atoms with Gasteiger partial charge in [-0.2, -0.15) is 0 Å². The largest absolute Gasteiger partial charge is 0.467 e. The molecular formula is C17H13F2N3O4. The monoisotopic (exact) mass is 361 g/mol. The van der Waals surface area contributed by atoms with E-state index in [1.807, 2.05) is 0 Å². The second-order valence-corrected chi connectivity index (χ2v) is 6.39. The van der Waals surface area contributed by atoms with E-state index in [4.69, 9.17) is 4.74 Å². The SMILES string of the molecule is C[C@]12C[C@@H](NC(=O)N1c1ccc(F)cc1F)c1cc([N+](=O)[O-])ccc1O2. The van der Waals surface area contributed by atoms with Crippen molar-refractivity contribution in [2.75, 3.05) is 4.90 Å². The second-order valence-electron chi connectivity index (χ2n) is 6.39. The van der Waals surface area contributed by atoms with Gasteiger partial charge in [0.05, 0.1) is 16.7 Å². The molecule has 9 heteroatoms. The normalized spacial score (nSPS) is 23.7. The van der Waals surface area contributed by atoms with E-state index in [2.05, 4.69) is 5.32 Å². The number of nitrogens with one attached hydrogen (secondary N) is 1. The smallest absolute Gasteiger partial charge is 0.325 e. The number of urea groups is 1. The lowest BCUT2D eigenvalue weighted by Crippen LogP contribution is -2.65. The number of ether oxygens (including phenoxy) is 1. The Morgan fingerprint density at radius 3 is 2.77 bits per heavy atom. The van der Waals surface area contributed by atoms with E-state index in [9.17, 15) is 23.7 Å². The molecule has 4 rings (SSSR count). The molecule has 2 aromatic carbocycles. The van der Waals surface area contributed by atoms with Crippen LogP contribution in [0.1, 0.15) is 24.9 Å². The summed E-state index contributed by atoms with van der Waals surface area (Å²) in [4.78, 5) is 24.2. The van der Waals surface area contributed by atoms with Crippen LogP contribution < -0.4 is 15.0 Å². The fraction of sp³-hybridized carbons (Fsp3) is 0.235. The average molecular weight is 361 g/mol. The fourth-order valence-corrected chi connectivity index (χ4v) is 3.50. The molecule has 2 heterocycles. The number of nitrogens with zero attached hydrogens (tertiary/aromatic N) is 2. The quantitative estimate of drug-likeness (QED) is 0.654. The van der Waals surface area contributed by atoms with E-state index in [0.29, 0.717) is 17.4 Å². The van der Waals surface area contributed by atoms with Crippen LogP contribution >= 0.6 is 0 Å². The molecule has 0 spiro atoms. The molecule has 7 nitrogen and oxygen atoms in total. The van der Waals surface area contributed by atoms with Crippen LogP contribution in [0.25, 0.3) is 0 Å². The second kappa shape index (κ2) is 5.38. The summed E-state index contributed by atoms with van der Waals surface area (Å²) >= 11 is 0. The maximum atomic E-state index is 14.2. The first-order valence-corrected chi connectivity index (χ1v) is 7.82. The number of hydrogen-bond acceptors (Lipinski definition) is 4. The summed E-state index contributed by atoms with van der Waals surface area (Å²) in [6.07, 6.45) is 0.240. The van der Waals surface area contributed by atoms with Crippen LogP contribution in [-0.4, -0.2) is 16.7 Å². The van der Waals surface area contributed by atoms with E-state index in [1.165, 1.54) is 24.3 Å². The summed E-state index contributed by atoms with van der Waals surface area (Å²) in [6, 6.07) is 5.88. The number of carbonyl (C=O) groups excluding carboxylic acids is 1. The number of anilines is 1. The summed E-state index contributed by atoms with van der Waals surface area (Å²) in [5, 5.41) is 13.7. The summed E-state index contributed by atoms with van der Waals surface area (Å²) in [5.41, 5.74) is -0.967. The lowest BCUT2D eigenvalue weighted by molar-refractivity contribution is -0.385. The predicted molar refractivity (Wildman–Crippen MR) is 86.9 cm³/mol. The lowest BCUT2D eigenvalue weighted by atomic mass is 9.90. The highest BCUT2D eigenvalue weighted by Gasteiger charge is 2.50. The maximum Gasteiger partial charge on any atom is 0.325 e. The molecular weight excluding hydrogens is 348 g/mol. The maximum absolute atomic E-state index is 14.2. The molecule has 2 aliphatic rings.